The van der Waals surface area contributed by atoms with E-state index in [-0.39, 0.29) is 14.8 Å². The van der Waals surface area contributed by atoms with E-state index in [0.29, 0.717) is 3.79 Å². The van der Waals surface area contributed by atoms with Gasteiger partial charge in [0, 0.05) is 0 Å². The zero-order valence-corrected chi connectivity index (χ0v) is 14.2. The quantitative estimate of drug-likeness (QED) is 0.865. The van der Waals surface area contributed by atoms with Crippen LogP contribution >= 0.6 is 38.9 Å². The molecule has 0 saturated carbocycles. The third-order valence-corrected chi connectivity index (χ3v) is 6.17. The highest BCUT2D eigenvalue weighted by Gasteiger charge is 2.21. The summed E-state index contributed by atoms with van der Waals surface area (Å²) >= 11 is 10.1. The van der Waals surface area contributed by atoms with Crippen LogP contribution in [0.3, 0.4) is 0 Å². The molecule has 8 heteroatoms. The van der Waals surface area contributed by atoms with Gasteiger partial charge in [-0.3, -0.25) is 4.79 Å². The second-order valence-electron chi connectivity index (χ2n) is 3.98. The summed E-state index contributed by atoms with van der Waals surface area (Å²) in [4.78, 5) is 12.0. The van der Waals surface area contributed by atoms with Crippen molar-refractivity contribution in [3.63, 3.8) is 0 Å². The topological polar surface area (TPSA) is 63.2 Å². The first-order valence-electron chi connectivity index (χ1n) is 5.38. The van der Waals surface area contributed by atoms with Crippen molar-refractivity contribution < 1.29 is 13.2 Å². The lowest BCUT2D eigenvalue weighted by molar-refractivity contribution is 0.0981. The number of aryl methyl sites for hydroxylation is 1. The summed E-state index contributed by atoms with van der Waals surface area (Å²) in [6.07, 6.45) is 0. The van der Waals surface area contributed by atoms with Crippen LogP contribution in [-0.4, -0.2) is 14.3 Å². The first-order chi connectivity index (χ1) is 9.29. The van der Waals surface area contributed by atoms with Crippen molar-refractivity contribution in [1.82, 2.24) is 4.72 Å². The van der Waals surface area contributed by atoms with Crippen molar-refractivity contribution in [2.75, 3.05) is 0 Å². The van der Waals surface area contributed by atoms with E-state index in [2.05, 4.69) is 15.9 Å². The van der Waals surface area contributed by atoms with Gasteiger partial charge in [-0.2, -0.15) is 0 Å². The molecule has 0 spiro atoms. The zero-order valence-electron chi connectivity index (χ0n) is 10.2. The second kappa shape index (κ2) is 5.85. The number of nitrogens with one attached hydrogen (secondary N) is 1. The van der Waals surface area contributed by atoms with Gasteiger partial charge in [0.25, 0.3) is 15.9 Å². The van der Waals surface area contributed by atoms with E-state index in [4.69, 9.17) is 11.6 Å². The summed E-state index contributed by atoms with van der Waals surface area (Å²) in [5.41, 5.74) is 1.01. The van der Waals surface area contributed by atoms with Gasteiger partial charge < -0.3 is 0 Å². The minimum atomic E-state index is -3.88. The summed E-state index contributed by atoms with van der Waals surface area (Å²) in [6.45, 7) is 1.83. The molecule has 1 aromatic heterocycles. The lowest BCUT2D eigenvalue weighted by Crippen LogP contribution is -2.30. The highest BCUT2D eigenvalue weighted by atomic mass is 79.9. The van der Waals surface area contributed by atoms with Gasteiger partial charge in [-0.25, -0.2) is 13.1 Å². The lowest BCUT2D eigenvalue weighted by atomic mass is 10.1. The fourth-order valence-electron chi connectivity index (χ4n) is 1.47. The molecule has 0 aliphatic carbocycles. The Balaban J connectivity index is 2.27. The summed E-state index contributed by atoms with van der Waals surface area (Å²) in [5.74, 6) is -0.750. The maximum Gasteiger partial charge on any atom is 0.273 e. The van der Waals surface area contributed by atoms with Crippen LogP contribution in [0, 0.1) is 6.92 Å². The first kappa shape index (κ1) is 15.5. The van der Waals surface area contributed by atoms with Crippen molar-refractivity contribution >= 4 is 54.8 Å². The highest BCUT2D eigenvalue weighted by molar-refractivity contribution is 9.11. The Bertz CT molecular complexity index is 771. The molecule has 2 aromatic rings. The van der Waals surface area contributed by atoms with E-state index in [1.807, 2.05) is 11.6 Å². The first-order valence-corrected chi connectivity index (χ1v) is 8.85. The Morgan fingerprint density at radius 1 is 1.30 bits per heavy atom. The fraction of sp³-hybridized carbons (Fsp3) is 0.0833. The Kier molecular flexibility index (Phi) is 4.53. The Morgan fingerprint density at radius 2 is 2.00 bits per heavy atom. The molecular weight excluding hydrogens is 386 g/mol. The molecule has 0 saturated heterocycles. The summed E-state index contributed by atoms with van der Waals surface area (Å²) in [5, 5.41) is 0.213. The molecule has 20 heavy (non-hydrogen) atoms. The fourth-order valence-corrected chi connectivity index (χ4v) is 4.77. The Morgan fingerprint density at radius 3 is 2.55 bits per heavy atom. The van der Waals surface area contributed by atoms with Crippen molar-refractivity contribution in [1.29, 1.82) is 0 Å². The maximum atomic E-state index is 12.0. The van der Waals surface area contributed by atoms with Crippen molar-refractivity contribution in [2.24, 2.45) is 0 Å². The van der Waals surface area contributed by atoms with E-state index in [1.54, 1.807) is 18.2 Å². The molecule has 1 amide bonds. The van der Waals surface area contributed by atoms with E-state index in [1.165, 1.54) is 12.1 Å². The monoisotopic (exact) mass is 393 g/mol. The van der Waals surface area contributed by atoms with Crippen molar-refractivity contribution in [3.8, 4) is 0 Å². The van der Waals surface area contributed by atoms with Gasteiger partial charge in [0.2, 0.25) is 0 Å². The molecule has 0 atom stereocenters. The predicted molar refractivity (Wildman–Crippen MR) is 82.9 cm³/mol. The van der Waals surface area contributed by atoms with Crippen LogP contribution in [0.4, 0.5) is 0 Å². The van der Waals surface area contributed by atoms with E-state index in [0.717, 1.165) is 16.9 Å². The largest absolute Gasteiger partial charge is 0.273 e. The van der Waals surface area contributed by atoms with Gasteiger partial charge in [-0.05, 0) is 52.7 Å². The SMILES string of the molecule is Cc1ccc(C(=O)NS(=O)(=O)c2ccc(Br)s2)c(Cl)c1. The minimum Gasteiger partial charge on any atom is -0.268 e. The summed E-state index contributed by atoms with van der Waals surface area (Å²) in [7, 11) is -3.88. The van der Waals surface area contributed by atoms with Crippen LogP contribution in [0.15, 0.2) is 38.3 Å². The number of benzene rings is 1. The second-order valence-corrected chi connectivity index (χ2v) is 8.76. The molecular formula is C12H9BrClNO3S2. The highest BCUT2D eigenvalue weighted by Crippen LogP contribution is 2.26. The predicted octanol–water partition coefficient (Wildman–Crippen LogP) is 3.59. The van der Waals surface area contributed by atoms with E-state index in [9.17, 15) is 13.2 Å². The van der Waals surface area contributed by atoms with E-state index >= 15 is 0 Å². The minimum absolute atomic E-state index is 0.0564. The number of thiophene rings is 1. The molecule has 0 unspecified atom stereocenters. The number of carbonyl (C=O) groups is 1. The molecule has 106 valence electrons. The van der Waals surface area contributed by atoms with Crippen LogP contribution in [0.5, 0.6) is 0 Å². The number of hydrogen-bond donors (Lipinski definition) is 1. The molecule has 2 rings (SSSR count). The standard InChI is InChI=1S/C12H9BrClNO3S2/c1-7-2-3-8(9(14)6-7)12(16)15-20(17,18)11-5-4-10(13)19-11/h2-6H,1H3,(H,15,16). The van der Waals surface area contributed by atoms with Crippen LogP contribution in [0.25, 0.3) is 0 Å². The zero-order chi connectivity index (χ0) is 14.9. The molecule has 0 aliphatic heterocycles. The number of rotatable bonds is 3. The molecule has 1 aromatic carbocycles. The number of halogens is 2. The molecule has 0 aliphatic rings. The van der Waals surface area contributed by atoms with Crippen molar-refractivity contribution in [2.45, 2.75) is 11.1 Å². The Labute approximate surface area is 134 Å². The van der Waals surface area contributed by atoms with Crippen LogP contribution in [-0.2, 0) is 10.0 Å². The van der Waals surface area contributed by atoms with Crippen LogP contribution < -0.4 is 4.72 Å². The average molecular weight is 395 g/mol. The number of amides is 1. The van der Waals surface area contributed by atoms with Gasteiger partial charge in [0.05, 0.1) is 14.4 Å². The van der Waals surface area contributed by atoms with Gasteiger partial charge >= 0.3 is 0 Å². The third-order valence-electron chi connectivity index (χ3n) is 2.41. The number of carbonyl (C=O) groups excluding carboxylic acids is 1. The van der Waals surface area contributed by atoms with Crippen LogP contribution in [0.1, 0.15) is 15.9 Å². The molecule has 1 heterocycles. The smallest absolute Gasteiger partial charge is 0.268 e. The summed E-state index contributed by atoms with van der Waals surface area (Å²) in [6, 6.07) is 7.80. The van der Waals surface area contributed by atoms with Gasteiger partial charge in [-0.15, -0.1) is 11.3 Å². The molecule has 4 nitrogen and oxygen atoms in total. The van der Waals surface area contributed by atoms with Gasteiger partial charge in [-0.1, -0.05) is 17.7 Å². The Hall–Kier alpha value is -0.890. The van der Waals surface area contributed by atoms with E-state index < -0.39 is 15.9 Å². The lowest BCUT2D eigenvalue weighted by Gasteiger charge is -2.07. The molecule has 0 fully saturated rings. The average Bonchev–Trinajstić information content (AvgIpc) is 2.75. The number of sulfonamides is 1. The molecule has 1 N–H and O–H groups in total. The van der Waals surface area contributed by atoms with Crippen molar-refractivity contribution in [3.05, 3.63) is 50.3 Å². The van der Waals surface area contributed by atoms with Crippen LogP contribution in [0.2, 0.25) is 5.02 Å². The van der Waals surface area contributed by atoms with Gasteiger partial charge in [0.15, 0.2) is 0 Å². The molecule has 0 radical (unpaired) electrons. The maximum absolute atomic E-state index is 12.0. The molecule has 0 bridgehead atoms. The summed E-state index contributed by atoms with van der Waals surface area (Å²) < 4.78 is 26.8. The number of hydrogen-bond acceptors (Lipinski definition) is 4. The third kappa shape index (κ3) is 3.41. The normalized spacial score (nSPS) is 11.3. The van der Waals surface area contributed by atoms with Gasteiger partial charge in [0.1, 0.15) is 4.21 Å².